The predicted molar refractivity (Wildman–Crippen MR) is 84.0 cm³/mol. The van der Waals surface area contributed by atoms with Crippen LogP contribution in [0.2, 0.25) is 5.02 Å². The van der Waals surface area contributed by atoms with Crippen molar-refractivity contribution in [2.45, 2.75) is 38.6 Å². The van der Waals surface area contributed by atoms with E-state index >= 15 is 0 Å². The molecule has 1 aliphatic carbocycles. The molecule has 1 aromatic carbocycles. The number of nitrogens with one attached hydrogen (secondary N) is 1. The van der Waals surface area contributed by atoms with Crippen LogP contribution in [0.3, 0.4) is 0 Å². The summed E-state index contributed by atoms with van der Waals surface area (Å²) in [5, 5.41) is 3.42. The minimum Gasteiger partial charge on any atom is -0.397 e. The van der Waals surface area contributed by atoms with Crippen LogP contribution in [0, 0.1) is 0 Å². The fourth-order valence-electron chi connectivity index (χ4n) is 2.20. The molecular formula is C15H22ClN3O. The van der Waals surface area contributed by atoms with Crippen LogP contribution in [0.4, 0.5) is 11.4 Å². The normalized spacial score (nSPS) is 14.6. The number of amides is 1. The minimum atomic E-state index is -0.0260. The first-order chi connectivity index (χ1) is 9.60. The predicted octanol–water partition coefficient (Wildman–Crippen LogP) is 3.13. The zero-order valence-electron chi connectivity index (χ0n) is 11.9. The molecule has 1 saturated carbocycles. The number of carbonyl (C=O) groups excluding carboxylic acids is 1. The highest BCUT2D eigenvalue weighted by molar-refractivity contribution is 6.31. The van der Waals surface area contributed by atoms with E-state index < -0.39 is 0 Å². The molecular weight excluding hydrogens is 274 g/mol. The number of rotatable bonds is 7. The van der Waals surface area contributed by atoms with Crippen LogP contribution >= 0.6 is 11.6 Å². The van der Waals surface area contributed by atoms with E-state index in [0.717, 1.165) is 19.4 Å². The molecule has 5 heteroatoms. The Morgan fingerprint density at radius 3 is 2.90 bits per heavy atom. The zero-order chi connectivity index (χ0) is 14.5. The number of hydrogen-bond acceptors (Lipinski definition) is 3. The third-order valence-electron chi connectivity index (χ3n) is 3.50. The van der Waals surface area contributed by atoms with E-state index in [-0.39, 0.29) is 5.91 Å². The summed E-state index contributed by atoms with van der Waals surface area (Å²) in [4.78, 5) is 14.4. The summed E-state index contributed by atoms with van der Waals surface area (Å²) in [6.07, 6.45) is 4.68. The highest BCUT2D eigenvalue weighted by Crippen LogP contribution is 2.27. The van der Waals surface area contributed by atoms with Gasteiger partial charge in [0.15, 0.2) is 0 Å². The number of nitrogens with two attached hydrogens (primary N) is 1. The molecule has 0 heterocycles. The summed E-state index contributed by atoms with van der Waals surface area (Å²) < 4.78 is 0. The zero-order valence-corrected chi connectivity index (χ0v) is 12.6. The van der Waals surface area contributed by atoms with Gasteiger partial charge in [-0.2, -0.15) is 0 Å². The number of carbonyl (C=O) groups is 1. The first-order valence-electron chi connectivity index (χ1n) is 7.19. The van der Waals surface area contributed by atoms with Crippen molar-refractivity contribution in [3.05, 3.63) is 23.2 Å². The molecule has 0 radical (unpaired) electrons. The Morgan fingerprint density at radius 2 is 2.25 bits per heavy atom. The van der Waals surface area contributed by atoms with E-state index in [1.54, 1.807) is 18.2 Å². The van der Waals surface area contributed by atoms with Crippen LogP contribution in [0.5, 0.6) is 0 Å². The molecule has 0 unspecified atom stereocenters. The summed E-state index contributed by atoms with van der Waals surface area (Å²) in [6.45, 7) is 3.58. The lowest BCUT2D eigenvalue weighted by atomic mass is 10.2. The monoisotopic (exact) mass is 295 g/mol. The number of benzene rings is 1. The van der Waals surface area contributed by atoms with E-state index in [1.807, 2.05) is 0 Å². The van der Waals surface area contributed by atoms with E-state index in [0.29, 0.717) is 29.0 Å². The lowest BCUT2D eigenvalue weighted by Gasteiger charge is -2.21. The number of hydrogen-bond donors (Lipinski definition) is 2. The van der Waals surface area contributed by atoms with Gasteiger partial charge in [-0.1, -0.05) is 24.9 Å². The molecule has 0 aromatic heterocycles. The third kappa shape index (κ3) is 4.39. The Bertz CT molecular complexity index is 474. The molecule has 0 bridgehead atoms. The van der Waals surface area contributed by atoms with E-state index in [4.69, 9.17) is 17.3 Å². The number of nitrogens with zero attached hydrogens (tertiary/aromatic N) is 1. The minimum absolute atomic E-state index is 0.0260. The molecule has 1 amide bonds. The van der Waals surface area contributed by atoms with E-state index in [9.17, 15) is 4.79 Å². The number of anilines is 2. The Labute approximate surface area is 125 Å². The molecule has 110 valence electrons. The molecule has 0 aliphatic heterocycles. The SMILES string of the molecule is CCCCN(CC(=O)Nc1cc(Cl)ccc1N)C1CC1. The van der Waals surface area contributed by atoms with Gasteiger partial charge in [-0.05, 0) is 44.0 Å². The standard InChI is InChI=1S/C15H22ClN3O/c1-2-3-8-19(12-5-6-12)10-15(20)18-14-9-11(16)4-7-13(14)17/h4,7,9,12H,2-3,5-6,8,10,17H2,1H3,(H,18,20). The van der Waals surface area contributed by atoms with Gasteiger partial charge < -0.3 is 11.1 Å². The fourth-order valence-corrected chi connectivity index (χ4v) is 2.37. The lowest BCUT2D eigenvalue weighted by molar-refractivity contribution is -0.117. The summed E-state index contributed by atoms with van der Waals surface area (Å²) in [6, 6.07) is 5.68. The highest BCUT2D eigenvalue weighted by Gasteiger charge is 2.29. The molecule has 4 nitrogen and oxygen atoms in total. The van der Waals surface area contributed by atoms with Crippen LogP contribution in [0.25, 0.3) is 0 Å². The summed E-state index contributed by atoms with van der Waals surface area (Å²) in [5.41, 5.74) is 6.96. The van der Waals surface area contributed by atoms with Gasteiger partial charge in [-0.3, -0.25) is 9.69 Å². The van der Waals surface area contributed by atoms with Gasteiger partial charge in [0.1, 0.15) is 0 Å². The second-order valence-electron chi connectivity index (χ2n) is 5.33. The fraction of sp³-hybridized carbons (Fsp3) is 0.533. The maximum absolute atomic E-state index is 12.1. The Morgan fingerprint density at radius 1 is 1.50 bits per heavy atom. The van der Waals surface area contributed by atoms with Crippen molar-refractivity contribution in [1.82, 2.24) is 4.90 Å². The maximum Gasteiger partial charge on any atom is 0.238 e. The highest BCUT2D eigenvalue weighted by atomic mass is 35.5. The maximum atomic E-state index is 12.1. The summed E-state index contributed by atoms with van der Waals surface area (Å²) in [5.74, 6) is -0.0260. The first kappa shape index (κ1) is 15.1. The van der Waals surface area contributed by atoms with Gasteiger partial charge >= 0.3 is 0 Å². The second-order valence-corrected chi connectivity index (χ2v) is 5.77. The van der Waals surface area contributed by atoms with Crippen LogP contribution in [0.15, 0.2) is 18.2 Å². The number of unbranched alkanes of at least 4 members (excludes halogenated alkanes) is 1. The topological polar surface area (TPSA) is 58.4 Å². The molecule has 20 heavy (non-hydrogen) atoms. The van der Waals surface area contributed by atoms with Crippen LogP contribution in [-0.2, 0) is 4.79 Å². The van der Waals surface area contributed by atoms with Crippen molar-refractivity contribution in [3.8, 4) is 0 Å². The molecule has 0 atom stereocenters. The molecule has 0 saturated heterocycles. The molecule has 1 aromatic rings. The van der Waals surface area contributed by atoms with Gasteiger partial charge in [-0.15, -0.1) is 0 Å². The molecule has 2 rings (SSSR count). The van der Waals surface area contributed by atoms with Crippen molar-refractivity contribution in [2.75, 3.05) is 24.1 Å². The third-order valence-corrected chi connectivity index (χ3v) is 3.73. The largest absolute Gasteiger partial charge is 0.397 e. The van der Waals surface area contributed by atoms with Gasteiger partial charge in [0.2, 0.25) is 5.91 Å². The van der Waals surface area contributed by atoms with Crippen molar-refractivity contribution in [3.63, 3.8) is 0 Å². The average Bonchev–Trinajstić information content (AvgIpc) is 3.23. The number of halogens is 1. The number of nitrogen functional groups attached to an aromatic ring is 1. The van der Waals surface area contributed by atoms with Gasteiger partial charge in [-0.25, -0.2) is 0 Å². The van der Waals surface area contributed by atoms with E-state index in [1.165, 1.54) is 12.8 Å². The van der Waals surface area contributed by atoms with Crippen molar-refractivity contribution < 1.29 is 4.79 Å². The Hall–Kier alpha value is -1.26. The Kier molecular flexibility index (Phi) is 5.26. The van der Waals surface area contributed by atoms with Crippen molar-refractivity contribution in [1.29, 1.82) is 0 Å². The first-order valence-corrected chi connectivity index (χ1v) is 7.57. The van der Waals surface area contributed by atoms with Gasteiger partial charge in [0.25, 0.3) is 0 Å². The van der Waals surface area contributed by atoms with Crippen LogP contribution in [-0.4, -0.2) is 29.9 Å². The van der Waals surface area contributed by atoms with Gasteiger partial charge in [0.05, 0.1) is 17.9 Å². The molecule has 0 spiro atoms. The van der Waals surface area contributed by atoms with Crippen molar-refractivity contribution in [2.24, 2.45) is 0 Å². The van der Waals surface area contributed by atoms with E-state index in [2.05, 4.69) is 17.1 Å². The van der Waals surface area contributed by atoms with Crippen LogP contribution in [0.1, 0.15) is 32.6 Å². The smallest absolute Gasteiger partial charge is 0.238 e. The molecule has 1 aliphatic rings. The van der Waals surface area contributed by atoms with Crippen LogP contribution < -0.4 is 11.1 Å². The Balaban J connectivity index is 1.91. The molecule has 1 fully saturated rings. The van der Waals surface area contributed by atoms with Gasteiger partial charge in [0, 0.05) is 11.1 Å². The summed E-state index contributed by atoms with van der Waals surface area (Å²) >= 11 is 5.92. The second kappa shape index (κ2) is 6.95. The average molecular weight is 296 g/mol. The quantitative estimate of drug-likeness (QED) is 0.760. The van der Waals surface area contributed by atoms with Crippen molar-refractivity contribution >= 4 is 28.9 Å². The summed E-state index contributed by atoms with van der Waals surface area (Å²) in [7, 11) is 0. The molecule has 3 N–H and O–H groups in total. The lowest BCUT2D eigenvalue weighted by Crippen LogP contribution is -2.35.